The molecule has 0 aromatic heterocycles. The fourth-order valence-electron chi connectivity index (χ4n) is 2.37. The summed E-state index contributed by atoms with van der Waals surface area (Å²) in [5.41, 5.74) is -1.48. The van der Waals surface area contributed by atoms with E-state index < -0.39 is 49.1 Å². The van der Waals surface area contributed by atoms with E-state index in [1.165, 1.54) is 0 Å². The Hall–Kier alpha value is -1.52. The summed E-state index contributed by atoms with van der Waals surface area (Å²) in [4.78, 5) is 11.7. The standard InChI is InChI=1S/C15H20F5NO3Si/c1-4-25(23-2,24-3)8-6-5-7-21-15(22)9-10(16)12(18)14(20)13(19)11(9)17/h4-8H2,1-3H3,(H,21,22). The van der Waals surface area contributed by atoms with Gasteiger partial charge in [-0.05, 0) is 24.9 Å². The average molecular weight is 385 g/mol. The van der Waals surface area contributed by atoms with Crippen molar-refractivity contribution in [1.29, 1.82) is 0 Å². The minimum Gasteiger partial charge on any atom is -0.398 e. The molecule has 0 aliphatic carbocycles. The smallest absolute Gasteiger partial charge is 0.337 e. The molecule has 0 unspecified atom stereocenters. The third-order valence-electron chi connectivity index (χ3n) is 3.99. The van der Waals surface area contributed by atoms with Gasteiger partial charge in [0.2, 0.25) is 5.82 Å². The molecule has 1 amide bonds. The number of carbonyl (C=O) groups is 1. The maximum atomic E-state index is 13.5. The number of hydrogen-bond donors (Lipinski definition) is 1. The Kier molecular flexibility index (Phi) is 7.96. The largest absolute Gasteiger partial charge is 0.398 e. The monoisotopic (exact) mass is 385 g/mol. The lowest BCUT2D eigenvalue weighted by molar-refractivity contribution is 0.0941. The summed E-state index contributed by atoms with van der Waals surface area (Å²) in [7, 11) is 0.848. The SMILES string of the molecule is CC[Si](CCCCNC(=O)c1c(F)c(F)c(F)c(F)c1F)(OC)OC. The quantitative estimate of drug-likeness (QED) is 0.232. The first-order valence-corrected chi connectivity index (χ1v) is 9.87. The van der Waals surface area contributed by atoms with E-state index in [1.807, 2.05) is 6.92 Å². The number of hydrogen-bond acceptors (Lipinski definition) is 3. The Balaban J connectivity index is 2.65. The van der Waals surface area contributed by atoms with Crippen molar-refractivity contribution in [1.82, 2.24) is 5.32 Å². The zero-order valence-corrected chi connectivity index (χ0v) is 15.2. The molecule has 25 heavy (non-hydrogen) atoms. The van der Waals surface area contributed by atoms with Crippen LogP contribution in [-0.2, 0) is 8.85 Å². The van der Waals surface area contributed by atoms with Gasteiger partial charge in [-0.3, -0.25) is 4.79 Å². The van der Waals surface area contributed by atoms with Crippen molar-refractivity contribution in [3.05, 3.63) is 34.6 Å². The van der Waals surface area contributed by atoms with Crippen molar-refractivity contribution in [2.75, 3.05) is 20.8 Å². The molecule has 142 valence electrons. The van der Waals surface area contributed by atoms with E-state index in [1.54, 1.807) is 14.2 Å². The third-order valence-corrected chi connectivity index (χ3v) is 7.67. The molecule has 1 aromatic carbocycles. The molecule has 0 saturated heterocycles. The Morgan fingerprint density at radius 2 is 1.40 bits per heavy atom. The molecule has 1 rings (SSSR count). The summed E-state index contributed by atoms with van der Waals surface area (Å²) in [5, 5.41) is 2.15. The van der Waals surface area contributed by atoms with E-state index in [0.717, 1.165) is 6.04 Å². The molecule has 0 aliphatic rings. The molecule has 0 spiro atoms. The van der Waals surface area contributed by atoms with Crippen LogP contribution in [0, 0.1) is 29.1 Å². The highest BCUT2D eigenvalue weighted by molar-refractivity contribution is 6.67. The van der Waals surface area contributed by atoms with Crippen LogP contribution in [0.25, 0.3) is 0 Å². The van der Waals surface area contributed by atoms with Crippen LogP contribution in [-0.4, -0.2) is 35.2 Å². The van der Waals surface area contributed by atoms with Gasteiger partial charge >= 0.3 is 8.56 Å². The number of nitrogens with one attached hydrogen (secondary N) is 1. The first kappa shape index (κ1) is 21.5. The second-order valence-electron chi connectivity index (χ2n) is 5.33. The highest BCUT2D eigenvalue weighted by atomic mass is 28.4. The van der Waals surface area contributed by atoms with Crippen LogP contribution in [0.5, 0.6) is 0 Å². The predicted molar refractivity (Wildman–Crippen MR) is 82.9 cm³/mol. The molecule has 10 heteroatoms. The molecule has 0 bridgehead atoms. The predicted octanol–water partition coefficient (Wildman–Crippen LogP) is 3.65. The van der Waals surface area contributed by atoms with Gasteiger partial charge in [-0.1, -0.05) is 6.92 Å². The molecule has 4 nitrogen and oxygen atoms in total. The normalized spacial score (nSPS) is 11.7. The van der Waals surface area contributed by atoms with Crippen LogP contribution in [0.1, 0.15) is 30.1 Å². The lowest BCUT2D eigenvalue weighted by Gasteiger charge is -2.25. The van der Waals surface area contributed by atoms with Crippen molar-refractivity contribution in [2.24, 2.45) is 0 Å². The van der Waals surface area contributed by atoms with Crippen LogP contribution < -0.4 is 5.32 Å². The van der Waals surface area contributed by atoms with Gasteiger partial charge in [-0.25, -0.2) is 22.0 Å². The fourth-order valence-corrected chi connectivity index (χ4v) is 4.66. The minimum absolute atomic E-state index is 0.0138. The molecule has 0 heterocycles. The molecule has 0 saturated carbocycles. The molecule has 0 radical (unpaired) electrons. The number of carbonyl (C=O) groups excluding carboxylic acids is 1. The lowest BCUT2D eigenvalue weighted by Crippen LogP contribution is -2.39. The number of amides is 1. The van der Waals surface area contributed by atoms with Crippen LogP contribution in [0.2, 0.25) is 12.1 Å². The number of benzene rings is 1. The molecule has 1 N–H and O–H groups in total. The maximum Gasteiger partial charge on any atom is 0.337 e. The van der Waals surface area contributed by atoms with Crippen molar-refractivity contribution in [3.8, 4) is 0 Å². The van der Waals surface area contributed by atoms with Crippen molar-refractivity contribution >= 4 is 14.5 Å². The van der Waals surface area contributed by atoms with Crippen molar-refractivity contribution in [3.63, 3.8) is 0 Å². The van der Waals surface area contributed by atoms with Gasteiger partial charge in [-0.2, -0.15) is 0 Å². The van der Waals surface area contributed by atoms with E-state index in [-0.39, 0.29) is 6.54 Å². The van der Waals surface area contributed by atoms with Gasteiger partial charge in [0.1, 0.15) is 5.56 Å². The van der Waals surface area contributed by atoms with Crippen LogP contribution in [0.15, 0.2) is 0 Å². The maximum absolute atomic E-state index is 13.5. The Morgan fingerprint density at radius 1 is 0.920 bits per heavy atom. The van der Waals surface area contributed by atoms with Gasteiger partial charge in [0, 0.05) is 20.8 Å². The molecular formula is C15H20F5NO3Si. The topological polar surface area (TPSA) is 47.6 Å². The van der Waals surface area contributed by atoms with E-state index in [4.69, 9.17) is 8.85 Å². The zero-order chi connectivity index (χ0) is 19.2. The molecule has 0 aliphatic heterocycles. The minimum atomic E-state index is -2.30. The lowest BCUT2D eigenvalue weighted by atomic mass is 10.1. The summed E-state index contributed by atoms with van der Waals surface area (Å²) in [6.07, 6.45) is 1.04. The van der Waals surface area contributed by atoms with Crippen LogP contribution in [0.3, 0.4) is 0 Å². The highest BCUT2D eigenvalue weighted by Gasteiger charge is 2.32. The van der Waals surface area contributed by atoms with Gasteiger partial charge in [0.15, 0.2) is 23.3 Å². The Morgan fingerprint density at radius 3 is 1.84 bits per heavy atom. The van der Waals surface area contributed by atoms with Crippen molar-refractivity contribution in [2.45, 2.75) is 31.9 Å². The first-order valence-electron chi connectivity index (χ1n) is 7.64. The Labute approximate surface area is 143 Å². The van der Waals surface area contributed by atoms with E-state index >= 15 is 0 Å². The van der Waals surface area contributed by atoms with Gasteiger partial charge in [-0.15, -0.1) is 0 Å². The number of halogens is 5. The second-order valence-corrected chi connectivity index (χ2v) is 9.18. The summed E-state index contributed by atoms with van der Waals surface area (Å²) in [5.74, 6) is -12.3. The first-order chi connectivity index (χ1) is 11.7. The fraction of sp³-hybridized carbons (Fsp3) is 0.533. The molecule has 0 atom stereocenters. The number of unbranched alkanes of at least 4 members (excludes halogenated alkanes) is 1. The van der Waals surface area contributed by atoms with Gasteiger partial charge < -0.3 is 14.2 Å². The highest BCUT2D eigenvalue weighted by Crippen LogP contribution is 2.23. The summed E-state index contributed by atoms with van der Waals surface area (Å²) < 4.78 is 77.0. The summed E-state index contributed by atoms with van der Waals surface area (Å²) in [6.45, 7) is 1.95. The summed E-state index contributed by atoms with van der Waals surface area (Å²) >= 11 is 0. The van der Waals surface area contributed by atoms with Crippen LogP contribution in [0.4, 0.5) is 22.0 Å². The van der Waals surface area contributed by atoms with Crippen molar-refractivity contribution < 1.29 is 35.6 Å². The van der Waals surface area contributed by atoms with Gasteiger partial charge in [0.25, 0.3) is 5.91 Å². The molecular weight excluding hydrogens is 365 g/mol. The average Bonchev–Trinajstić information content (AvgIpc) is 2.62. The second kappa shape index (κ2) is 9.25. The molecule has 0 fully saturated rings. The van der Waals surface area contributed by atoms with E-state index in [9.17, 15) is 26.7 Å². The number of rotatable bonds is 9. The van der Waals surface area contributed by atoms with Gasteiger partial charge in [0.05, 0.1) is 0 Å². The van der Waals surface area contributed by atoms with Crippen LogP contribution >= 0.6 is 0 Å². The van der Waals surface area contributed by atoms with E-state index in [2.05, 4.69) is 5.32 Å². The third kappa shape index (κ3) is 4.76. The van der Waals surface area contributed by atoms with E-state index in [0.29, 0.717) is 18.9 Å². The molecule has 1 aromatic rings. The Bertz CT molecular complexity index is 588. The zero-order valence-electron chi connectivity index (χ0n) is 14.2. The summed E-state index contributed by atoms with van der Waals surface area (Å²) in [6, 6.07) is 1.38.